The third-order valence-corrected chi connectivity index (χ3v) is 3.26. The molecule has 0 heterocycles. The van der Waals surface area contributed by atoms with Crippen LogP contribution in [-0.2, 0) is 11.5 Å². The fourth-order valence-electron chi connectivity index (χ4n) is 1.38. The minimum atomic E-state index is -0.424. The smallest absolute Gasteiger partial charge is 0.270 e. The van der Waals surface area contributed by atoms with Crippen LogP contribution in [0.1, 0.15) is 11.1 Å². The Hall–Kier alpha value is -0.880. The number of nitro groups is 1. The molecule has 1 aromatic carbocycles. The molecular weight excluding hydrogens is 246 g/mol. The molecule has 4 nitrogen and oxygen atoms in total. The monoisotopic (exact) mass is 259 g/mol. The lowest BCUT2D eigenvalue weighted by Crippen LogP contribution is -1.94. The van der Waals surface area contributed by atoms with Gasteiger partial charge in [0.1, 0.15) is 5.75 Å². The highest BCUT2D eigenvalue weighted by molar-refractivity contribution is 7.98. The fraction of sp³-hybridized carbons (Fsp3) is 0.400. The lowest BCUT2D eigenvalue weighted by atomic mass is 10.1. The summed E-state index contributed by atoms with van der Waals surface area (Å²) in [6, 6.07) is 2.88. The highest BCUT2D eigenvalue weighted by Crippen LogP contribution is 2.32. The molecule has 0 spiro atoms. The number of hydrogen-bond donors (Lipinski definition) is 1. The van der Waals surface area contributed by atoms with E-state index in [-0.39, 0.29) is 11.4 Å². The van der Waals surface area contributed by atoms with E-state index in [4.69, 9.17) is 0 Å². The van der Waals surface area contributed by atoms with Gasteiger partial charge in [-0.25, -0.2) is 0 Å². The average Bonchev–Trinajstić information content (AvgIpc) is 2.24. The first-order valence-electron chi connectivity index (χ1n) is 4.57. The van der Waals surface area contributed by atoms with Gasteiger partial charge in [-0.2, -0.15) is 23.5 Å². The SMILES string of the molecule is CSCc1cc([N+](=O)[O-])cc(CSC)c1O. The lowest BCUT2D eigenvalue weighted by molar-refractivity contribution is -0.385. The van der Waals surface area contributed by atoms with Gasteiger partial charge in [0.15, 0.2) is 0 Å². The van der Waals surface area contributed by atoms with Crippen molar-refractivity contribution < 1.29 is 10.0 Å². The van der Waals surface area contributed by atoms with Crippen molar-refractivity contribution in [1.29, 1.82) is 0 Å². The molecule has 0 amide bonds. The van der Waals surface area contributed by atoms with E-state index in [9.17, 15) is 15.2 Å². The van der Waals surface area contributed by atoms with Crippen LogP contribution in [0.15, 0.2) is 12.1 Å². The van der Waals surface area contributed by atoms with Gasteiger partial charge in [0.2, 0.25) is 0 Å². The Bertz CT molecular complexity index is 369. The third kappa shape index (κ3) is 3.05. The summed E-state index contributed by atoms with van der Waals surface area (Å²) in [5.41, 5.74) is 1.31. The zero-order chi connectivity index (χ0) is 12.1. The molecule has 0 aliphatic rings. The lowest BCUT2D eigenvalue weighted by Gasteiger charge is -2.08. The third-order valence-electron chi connectivity index (χ3n) is 2.06. The van der Waals surface area contributed by atoms with E-state index in [1.807, 2.05) is 12.5 Å². The molecule has 0 saturated carbocycles. The molecule has 16 heavy (non-hydrogen) atoms. The van der Waals surface area contributed by atoms with Crippen LogP contribution in [0, 0.1) is 10.1 Å². The molecule has 0 aliphatic heterocycles. The van der Waals surface area contributed by atoms with E-state index in [2.05, 4.69) is 0 Å². The van der Waals surface area contributed by atoms with Crippen LogP contribution in [0.2, 0.25) is 0 Å². The molecule has 0 saturated heterocycles. The van der Waals surface area contributed by atoms with E-state index in [1.54, 1.807) is 0 Å². The zero-order valence-electron chi connectivity index (χ0n) is 9.10. The molecule has 0 radical (unpaired) electrons. The molecule has 88 valence electrons. The second-order valence-electron chi connectivity index (χ2n) is 3.24. The summed E-state index contributed by atoms with van der Waals surface area (Å²) in [7, 11) is 0. The fourth-order valence-corrected chi connectivity index (χ4v) is 2.44. The Morgan fingerprint density at radius 1 is 1.25 bits per heavy atom. The Labute approximate surface area is 103 Å². The normalized spacial score (nSPS) is 10.4. The summed E-state index contributed by atoms with van der Waals surface area (Å²) < 4.78 is 0. The van der Waals surface area contributed by atoms with Gasteiger partial charge in [-0.15, -0.1) is 0 Å². The maximum Gasteiger partial charge on any atom is 0.270 e. The van der Waals surface area contributed by atoms with Crippen LogP contribution in [0.4, 0.5) is 5.69 Å². The van der Waals surface area contributed by atoms with Gasteiger partial charge in [-0.3, -0.25) is 10.1 Å². The molecule has 6 heteroatoms. The molecular formula is C10H13NO3S2. The molecule has 0 fully saturated rings. The zero-order valence-corrected chi connectivity index (χ0v) is 10.7. The minimum Gasteiger partial charge on any atom is -0.507 e. The van der Waals surface area contributed by atoms with Gasteiger partial charge >= 0.3 is 0 Å². The highest BCUT2D eigenvalue weighted by atomic mass is 32.2. The second-order valence-corrected chi connectivity index (χ2v) is 4.97. The number of phenolic OH excluding ortho intramolecular Hbond substituents is 1. The number of benzene rings is 1. The summed E-state index contributed by atoms with van der Waals surface area (Å²) in [4.78, 5) is 10.3. The second kappa shape index (κ2) is 6.00. The topological polar surface area (TPSA) is 63.4 Å². The van der Waals surface area contributed by atoms with Crippen molar-refractivity contribution in [3.05, 3.63) is 33.4 Å². The van der Waals surface area contributed by atoms with Gasteiger partial charge in [-0.05, 0) is 12.5 Å². The standard InChI is InChI=1S/C10H13NO3S2/c1-15-5-7-3-9(11(13)14)4-8(6-16-2)10(7)12/h3-4,12H,5-6H2,1-2H3. The van der Waals surface area contributed by atoms with Crippen molar-refractivity contribution in [2.75, 3.05) is 12.5 Å². The van der Waals surface area contributed by atoms with Crippen LogP contribution in [0.3, 0.4) is 0 Å². The molecule has 1 rings (SSSR count). The first kappa shape index (κ1) is 13.2. The largest absolute Gasteiger partial charge is 0.507 e. The number of nitrogens with zero attached hydrogens (tertiary/aromatic N) is 1. The number of thioether (sulfide) groups is 2. The van der Waals surface area contributed by atoms with E-state index in [0.717, 1.165) is 0 Å². The van der Waals surface area contributed by atoms with E-state index < -0.39 is 4.92 Å². The average molecular weight is 259 g/mol. The number of rotatable bonds is 5. The van der Waals surface area contributed by atoms with Gasteiger partial charge in [0, 0.05) is 34.8 Å². The molecule has 0 unspecified atom stereocenters. The summed E-state index contributed by atoms with van der Waals surface area (Å²) >= 11 is 3.05. The quantitative estimate of drug-likeness (QED) is 0.650. The Morgan fingerprint density at radius 3 is 2.00 bits per heavy atom. The van der Waals surface area contributed by atoms with Crippen LogP contribution < -0.4 is 0 Å². The Balaban J connectivity index is 3.21. The van der Waals surface area contributed by atoms with Crippen molar-refractivity contribution in [2.24, 2.45) is 0 Å². The van der Waals surface area contributed by atoms with Crippen LogP contribution >= 0.6 is 23.5 Å². The van der Waals surface area contributed by atoms with E-state index in [1.165, 1.54) is 35.7 Å². The maximum atomic E-state index is 10.7. The predicted molar refractivity (Wildman–Crippen MR) is 69.2 cm³/mol. The Morgan fingerprint density at radius 2 is 1.69 bits per heavy atom. The summed E-state index contributed by atoms with van der Waals surface area (Å²) in [6.45, 7) is 0. The van der Waals surface area contributed by atoms with Gasteiger partial charge in [-0.1, -0.05) is 0 Å². The van der Waals surface area contributed by atoms with Crippen molar-refractivity contribution in [2.45, 2.75) is 11.5 Å². The first-order valence-corrected chi connectivity index (χ1v) is 7.36. The molecule has 0 aromatic heterocycles. The number of aromatic hydroxyl groups is 1. The van der Waals surface area contributed by atoms with Crippen molar-refractivity contribution >= 4 is 29.2 Å². The van der Waals surface area contributed by atoms with Crippen molar-refractivity contribution in [3.8, 4) is 5.75 Å². The van der Waals surface area contributed by atoms with E-state index >= 15 is 0 Å². The van der Waals surface area contributed by atoms with Crippen LogP contribution in [0.25, 0.3) is 0 Å². The maximum absolute atomic E-state index is 10.7. The van der Waals surface area contributed by atoms with Crippen LogP contribution in [-0.4, -0.2) is 22.5 Å². The van der Waals surface area contributed by atoms with Crippen LogP contribution in [0.5, 0.6) is 5.75 Å². The minimum absolute atomic E-state index is 0.0471. The number of nitro benzene ring substituents is 1. The first-order chi connectivity index (χ1) is 7.60. The Kier molecular flexibility index (Phi) is 4.95. The van der Waals surface area contributed by atoms with E-state index in [0.29, 0.717) is 22.6 Å². The molecule has 1 N–H and O–H groups in total. The highest BCUT2D eigenvalue weighted by Gasteiger charge is 2.15. The number of non-ortho nitro benzene ring substituents is 1. The molecule has 1 aromatic rings. The summed E-state index contributed by atoms with van der Waals surface area (Å²) in [5.74, 6) is 1.35. The van der Waals surface area contributed by atoms with Gasteiger partial charge in [0.25, 0.3) is 5.69 Å². The molecule has 0 bridgehead atoms. The number of hydrogen-bond acceptors (Lipinski definition) is 5. The van der Waals surface area contributed by atoms with Crippen molar-refractivity contribution in [1.82, 2.24) is 0 Å². The van der Waals surface area contributed by atoms with Gasteiger partial charge in [0.05, 0.1) is 4.92 Å². The summed E-state index contributed by atoms with van der Waals surface area (Å²) in [5, 5.41) is 20.6. The van der Waals surface area contributed by atoms with Gasteiger partial charge < -0.3 is 5.11 Å². The van der Waals surface area contributed by atoms with Crippen molar-refractivity contribution in [3.63, 3.8) is 0 Å². The molecule has 0 aliphatic carbocycles. The molecule has 0 atom stereocenters. The summed E-state index contributed by atoms with van der Waals surface area (Å²) in [6.07, 6.45) is 3.79. The predicted octanol–water partition coefficient (Wildman–Crippen LogP) is 3.03. The number of phenols is 1.